The quantitative estimate of drug-likeness (QED) is 0.671. The fraction of sp³-hybridized carbons (Fsp3) is 0.500. The van der Waals surface area contributed by atoms with Gasteiger partial charge < -0.3 is 4.79 Å². The summed E-state index contributed by atoms with van der Waals surface area (Å²) in [7, 11) is 0. The zero-order valence-electron chi connectivity index (χ0n) is 9.92. The Morgan fingerprint density at radius 2 is 2.00 bits per heavy atom. The number of carbonyl (C=O) groups excluding carboxylic acids is 1. The molecule has 0 aliphatic carbocycles. The number of rotatable bonds is 5. The van der Waals surface area contributed by atoms with Gasteiger partial charge in [-0.05, 0) is 35.4 Å². The van der Waals surface area contributed by atoms with Crippen LogP contribution < -0.4 is 0 Å². The lowest BCUT2D eigenvalue weighted by Gasteiger charge is -2.15. The summed E-state index contributed by atoms with van der Waals surface area (Å²) in [5.41, 5.74) is 4.09. The first kappa shape index (κ1) is 12.0. The van der Waals surface area contributed by atoms with Crippen molar-refractivity contribution >= 4 is 6.29 Å². The van der Waals surface area contributed by atoms with Gasteiger partial charge in [-0.25, -0.2) is 0 Å². The molecule has 1 aromatic carbocycles. The Kier molecular flexibility index (Phi) is 4.54. The minimum Gasteiger partial charge on any atom is -0.303 e. The van der Waals surface area contributed by atoms with Gasteiger partial charge in [0.25, 0.3) is 0 Å². The van der Waals surface area contributed by atoms with Gasteiger partial charge in [0.1, 0.15) is 6.29 Å². The molecule has 1 atom stereocenters. The predicted octanol–water partition coefficient (Wildman–Crippen LogP) is 3.50. The summed E-state index contributed by atoms with van der Waals surface area (Å²) in [4.78, 5) is 10.5. The molecule has 0 aromatic heterocycles. The third-order valence-corrected chi connectivity index (χ3v) is 2.98. The first-order valence-electron chi connectivity index (χ1n) is 5.78. The number of aldehydes is 1. The zero-order chi connectivity index (χ0) is 11.3. The van der Waals surface area contributed by atoms with Gasteiger partial charge in [-0.2, -0.15) is 0 Å². The van der Waals surface area contributed by atoms with Crippen LogP contribution in [0, 0.1) is 0 Å². The first-order valence-corrected chi connectivity index (χ1v) is 5.78. The third kappa shape index (κ3) is 2.92. The summed E-state index contributed by atoms with van der Waals surface area (Å²) < 4.78 is 0. The van der Waals surface area contributed by atoms with Crippen LogP contribution in [0.3, 0.4) is 0 Å². The van der Waals surface area contributed by atoms with Crippen molar-refractivity contribution in [3.63, 3.8) is 0 Å². The van der Waals surface area contributed by atoms with E-state index in [1.54, 1.807) is 0 Å². The molecule has 1 heteroatoms. The Hall–Kier alpha value is -1.11. The second-order valence-corrected chi connectivity index (χ2v) is 4.04. The maximum Gasteiger partial charge on any atom is 0.120 e. The molecular formula is C14H20O. The van der Waals surface area contributed by atoms with E-state index in [0.717, 1.165) is 19.1 Å². The first-order chi connectivity index (χ1) is 7.22. The van der Waals surface area contributed by atoms with Crippen LogP contribution in [0.5, 0.6) is 0 Å². The lowest BCUT2D eigenvalue weighted by Crippen LogP contribution is -2.00. The van der Waals surface area contributed by atoms with Crippen molar-refractivity contribution in [2.24, 2.45) is 0 Å². The van der Waals surface area contributed by atoms with E-state index < -0.39 is 0 Å². The summed E-state index contributed by atoms with van der Waals surface area (Å²) in [5, 5.41) is 0. The topological polar surface area (TPSA) is 17.1 Å². The highest BCUT2D eigenvalue weighted by Gasteiger charge is 2.09. The van der Waals surface area contributed by atoms with E-state index in [9.17, 15) is 4.79 Å². The predicted molar refractivity (Wildman–Crippen MR) is 64.3 cm³/mol. The molecule has 1 aromatic rings. The minimum absolute atomic E-state index is 0.351. The molecule has 0 saturated heterocycles. The monoisotopic (exact) mass is 204 g/mol. The highest BCUT2D eigenvalue weighted by atomic mass is 16.1. The molecule has 1 nitrogen and oxygen atoms in total. The molecule has 0 aliphatic heterocycles. The smallest absolute Gasteiger partial charge is 0.120 e. The molecule has 0 spiro atoms. The van der Waals surface area contributed by atoms with Crippen molar-refractivity contribution in [1.29, 1.82) is 0 Å². The molecule has 0 fully saturated rings. The number of hydrogen-bond acceptors (Lipinski definition) is 1. The van der Waals surface area contributed by atoms with Crippen molar-refractivity contribution in [2.75, 3.05) is 0 Å². The van der Waals surface area contributed by atoms with Crippen molar-refractivity contribution in [3.05, 3.63) is 34.9 Å². The number of benzene rings is 1. The van der Waals surface area contributed by atoms with Crippen LogP contribution in [-0.2, 0) is 17.6 Å². The Labute approximate surface area is 92.5 Å². The lowest BCUT2D eigenvalue weighted by molar-refractivity contribution is -0.108. The molecule has 0 radical (unpaired) electrons. The molecule has 0 heterocycles. The third-order valence-electron chi connectivity index (χ3n) is 2.98. The molecular weight excluding hydrogens is 184 g/mol. The summed E-state index contributed by atoms with van der Waals surface area (Å²) in [6, 6.07) is 6.65. The van der Waals surface area contributed by atoms with Crippen LogP contribution in [0.2, 0.25) is 0 Å². The molecule has 0 N–H and O–H groups in total. The van der Waals surface area contributed by atoms with Gasteiger partial charge >= 0.3 is 0 Å². The molecule has 15 heavy (non-hydrogen) atoms. The lowest BCUT2D eigenvalue weighted by atomic mass is 9.90. The van der Waals surface area contributed by atoms with Crippen LogP contribution in [0.15, 0.2) is 18.2 Å². The number of carbonyl (C=O) groups is 1. The van der Waals surface area contributed by atoms with Crippen molar-refractivity contribution in [3.8, 4) is 0 Å². The highest BCUT2D eigenvalue weighted by Crippen LogP contribution is 2.24. The fourth-order valence-corrected chi connectivity index (χ4v) is 1.92. The molecule has 0 saturated carbocycles. The Bertz CT molecular complexity index is 328. The van der Waals surface area contributed by atoms with E-state index in [-0.39, 0.29) is 0 Å². The van der Waals surface area contributed by atoms with Crippen molar-refractivity contribution in [1.82, 2.24) is 0 Å². The van der Waals surface area contributed by atoms with Crippen LogP contribution in [0.4, 0.5) is 0 Å². The standard InChI is InChI=1S/C14H20O/c1-4-12-6-7-13(5-2)14(10-12)11(3)8-9-15/h6-7,9-11H,4-5,8H2,1-3H3. The van der Waals surface area contributed by atoms with Gasteiger partial charge in [-0.15, -0.1) is 0 Å². The zero-order valence-corrected chi connectivity index (χ0v) is 9.92. The Morgan fingerprint density at radius 1 is 1.27 bits per heavy atom. The average Bonchev–Trinajstić information content (AvgIpc) is 2.28. The molecule has 82 valence electrons. The van der Waals surface area contributed by atoms with E-state index in [1.165, 1.54) is 16.7 Å². The average molecular weight is 204 g/mol. The maximum atomic E-state index is 10.5. The minimum atomic E-state index is 0.351. The normalized spacial score (nSPS) is 12.5. The van der Waals surface area contributed by atoms with Crippen LogP contribution in [0.25, 0.3) is 0 Å². The summed E-state index contributed by atoms with van der Waals surface area (Å²) in [5.74, 6) is 0.351. The Balaban J connectivity index is 3.04. The second-order valence-electron chi connectivity index (χ2n) is 4.04. The Morgan fingerprint density at radius 3 is 2.53 bits per heavy atom. The summed E-state index contributed by atoms with van der Waals surface area (Å²) in [6.45, 7) is 6.45. The number of hydrogen-bond donors (Lipinski definition) is 0. The summed E-state index contributed by atoms with van der Waals surface area (Å²) in [6.07, 6.45) is 3.75. The molecule has 0 aliphatic rings. The number of aryl methyl sites for hydroxylation is 2. The largest absolute Gasteiger partial charge is 0.303 e. The molecule has 1 rings (SSSR count). The van der Waals surface area contributed by atoms with Crippen LogP contribution in [-0.4, -0.2) is 6.29 Å². The fourth-order valence-electron chi connectivity index (χ4n) is 1.92. The van der Waals surface area contributed by atoms with Gasteiger partial charge in [0.2, 0.25) is 0 Å². The van der Waals surface area contributed by atoms with E-state index in [0.29, 0.717) is 12.3 Å². The van der Waals surface area contributed by atoms with Crippen molar-refractivity contribution < 1.29 is 4.79 Å². The SMILES string of the molecule is CCc1ccc(CC)c(C(C)CC=O)c1. The van der Waals surface area contributed by atoms with Crippen LogP contribution in [0.1, 0.15) is 49.8 Å². The maximum absolute atomic E-state index is 10.5. The van der Waals surface area contributed by atoms with Gasteiger partial charge in [0.15, 0.2) is 0 Å². The van der Waals surface area contributed by atoms with Gasteiger partial charge in [0, 0.05) is 6.42 Å². The summed E-state index contributed by atoms with van der Waals surface area (Å²) >= 11 is 0. The molecule has 1 unspecified atom stereocenters. The van der Waals surface area contributed by atoms with Gasteiger partial charge in [-0.3, -0.25) is 0 Å². The van der Waals surface area contributed by atoms with E-state index in [1.807, 2.05) is 0 Å². The molecule has 0 bridgehead atoms. The van der Waals surface area contributed by atoms with Crippen molar-refractivity contribution in [2.45, 2.75) is 46.0 Å². The second kappa shape index (κ2) is 5.69. The van der Waals surface area contributed by atoms with E-state index in [2.05, 4.69) is 39.0 Å². The van der Waals surface area contributed by atoms with Gasteiger partial charge in [0.05, 0.1) is 0 Å². The van der Waals surface area contributed by atoms with Gasteiger partial charge in [-0.1, -0.05) is 39.0 Å². The van der Waals surface area contributed by atoms with E-state index in [4.69, 9.17) is 0 Å². The highest BCUT2D eigenvalue weighted by molar-refractivity contribution is 5.52. The van der Waals surface area contributed by atoms with Crippen LogP contribution >= 0.6 is 0 Å². The molecule has 0 amide bonds. The van der Waals surface area contributed by atoms with E-state index >= 15 is 0 Å².